The molecule has 118 valence electrons. The van der Waals surface area contributed by atoms with Crippen LogP contribution in [0, 0.1) is 0 Å². The first-order valence-electron chi connectivity index (χ1n) is 7.28. The van der Waals surface area contributed by atoms with Crippen molar-refractivity contribution in [2.24, 2.45) is 0 Å². The minimum atomic E-state index is -0.194. The number of nitrogens with zero attached hydrogens (tertiary/aromatic N) is 2. The Hall–Kier alpha value is -2.63. The predicted molar refractivity (Wildman–Crippen MR) is 97.9 cm³/mol. The molecule has 0 unspecified atom stereocenters. The Labute approximate surface area is 147 Å². The highest BCUT2D eigenvalue weighted by atomic mass is 35.5. The SMILES string of the molecule is O=C(Nc1cccc(-c2cn3ccsc3n2)c1)c1cccc(Cl)c1. The molecule has 24 heavy (non-hydrogen) atoms. The number of thiazole rings is 1. The van der Waals surface area contributed by atoms with E-state index in [1.807, 2.05) is 46.4 Å². The third kappa shape index (κ3) is 2.91. The number of amides is 1. The number of carbonyl (C=O) groups is 1. The number of carbonyl (C=O) groups excluding carboxylic acids is 1. The third-order valence-electron chi connectivity index (χ3n) is 3.60. The lowest BCUT2D eigenvalue weighted by atomic mass is 10.1. The number of anilines is 1. The molecule has 2 aromatic carbocycles. The van der Waals surface area contributed by atoms with Gasteiger partial charge in [-0.3, -0.25) is 9.20 Å². The zero-order chi connectivity index (χ0) is 16.5. The van der Waals surface area contributed by atoms with Crippen LogP contribution in [0.3, 0.4) is 0 Å². The smallest absolute Gasteiger partial charge is 0.255 e. The number of halogens is 1. The highest BCUT2D eigenvalue weighted by Crippen LogP contribution is 2.24. The number of hydrogen-bond donors (Lipinski definition) is 1. The van der Waals surface area contributed by atoms with Gasteiger partial charge in [-0.2, -0.15) is 0 Å². The maximum Gasteiger partial charge on any atom is 0.255 e. The first-order chi connectivity index (χ1) is 11.7. The topological polar surface area (TPSA) is 46.4 Å². The van der Waals surface area contributed by atoms with E-state index < -0.39 is 0 Å². The Kier molecular flexibility index (Phi) is 3.80. The average molecular weight is 354 g/mol. The van der Waals surface area contributed by atoms with Crippen molar-refractivity contribution < 1.29 is 4.79 Å². The van der Waals surface area contributed by atoms with Crippen LogP contribution >= 0.6 is 22.9 Å². The summed E-state index contributed by atoms with van der Waals surface area (Å²) in [6.45, 7) is 0. The summed E-state index contributed by atoms with van der Waals surface area (Å²) >= 11 is 7.52. The minimum absolute atomic E-state index is 0.194. The van der Waals surface area contributed by atoms with Crippen molar-refractivity contribution >= 4 is 39.5 Å². The molecular weight excluding hydrogens is 342 g/mol. The average Bonchev–Trinajstić information content (AvgIpc) is 3.17. The number of imidazole rings is 1. The molecule has 0 bridgehead atoms. The van der Waals surface area contributed by atoms with Crippen LogP contribution in [0.15, 0.2) is 66.3 Å². The molecule has 4 nitrogen and oxygen atoms in total. The van der Waals surface area contributed by atoms with Crippen LogP contribution in [0.4, 0.5) is 5.69 Å². The summed E-state index contributed by atoms with van der Waals surface area (Å²) in [5.41, 5.74) is 3.07. The zero-order valence-corrected chi connectivity index (χ0v) is 14.0. The van der Waals surface area contributed by atoms with Crippen LogP contribution in [-0.4, -0.2) is 15.3 Å². The van der Waals surface area contributed by atoms with E-state index >= 15 is 0 Å². The highest BCUT2D eigenvalue weighted by Gasteiger charge is 2.09. The monoisotopic (exact) mass is 353 g/mol. The first kappa shape index (κ1) is 14.9. The quantitative estimate of drug-likeness (QED) is 0.565. The van der Waals surface area contributed by atoms with Crippen LogP contribution in [-0.2, 0) is 0 Å². The maximum atomic E-state index is 12.3. The van der Waals surface area contributed by atoms with Crippen LogP contribution in [0.5, 0.6) is 0 Å². The van der Waals surface area contributed by atoms with Crippen LogP contribution in [0.1, 0.15) is 10.4 Å². The van der Waals surface area contributed by atoms with E-state index in [4.69, 9.17) is 11.6 Å². The van der Waals surface area contributed by atoms with E-state index in [-0.39, 0.29) is 5.91 Å². The van der Waals surface area contributed by atoms with Gasteiger partial charge in [-0.25, -0.2) is 4.98 Å². The van der Waals surface area contributed by atoms with E-state index in [0.29, 0.717) is 16.3 Å². The fourth-order valence-electron chi connectivity index (χ4n) is 2.46. The molecule has 0 aliphatic rings. The fraction of sp³-hybridized carbons (Fsp3) is 0. The number of rotatable bonds is 3. The van der Waals surface area contributed by atoms with Gasteiger partial charge < -0.3 is 5.32 Å². The van der Waals surface area contributed by atoms with Gasteiger partial charge in [0, 0.05) is 39.6 Å². The summed E-state index contributed by atoms with van der Waals surface area (Å²) in [4.78, 5) is 17.9. The largest absolute Gasteiger partial charge is 0.322 e. The molecule has 0 aliphatic heterocycles. The van der Waals surface area contributed by atoms with Crippen LogP contribution < -0.4 is 5.32 Å². The molecule has 2 heterocycles. The Balaban J connectivity index is 1.60. The van der Waals surface area contributed by atoms with Crippen LogP contribution in [0.25, 0.3) is 16.2 Å². The lowest BCUT2D eigenvalue weighted by Gasteiger charge is -2.07. The van der Waals surface area contributed by atoms with Gasteiger partial charge >= 0.3 is 0 Å². The number of fused-ring (bicyclic) bond motifs is 1. The zero-order valence-electron chi connectivity index (χ0n) is 12.4. The van der Waals surface area contributed by atoms with Crippen molar-refractivity contribution in [3.63, 3.8) is 0 Å². The molecule has 0 saturated heterocycles. The molecule has 4 rings (SSSR count). The Morgan fingerprint density at radius 2 is 2.04 bits per heavy atom. The molecule has 0 saturated carbocycles. The maximum absolute atomic E-state index is 12.3. The van der Waals surface area contributed by atoms with Gasteiger partial charge in [-0.1, -0.05) is 29.8 Å². The predicted octanol–water partition coefficient (Wildman–Crippen LogP) is 4.97. The van der Waals surface area contributed by atoms with Crippen molar-refractivity contribution in [3.8, 4) is 11.3 Å². The van der Waals surface area contributed by atoms with Gasteiger partial charge in [0.25, 0.3) is 5.91 Å². The molecule has 0 fully saturated rings. The molecule has 2 aromatic heterocycles. The number of benzene rings is 2. The Morgan fingerprint density at radius 1 is 1.17 bits per heavy atom. The lowest BCUT2D eigenvalue weighted by molar-refractivity contribution is 0.102. The second-order valence-corrected chi connectivity index (χ2v) is 6.57. The summed E-state index contributed by atoms with van der Waals surface area (Å²) in [6, 6.07) is 14.5. The number of aromatic nitrogens is 2. The molecule has 0 spiro atoms. The summed E-state index contributed by atoms with van der Waals surface area (Å²) in [5.74, 6) is -0.194. The van der Waals surface area contributed by atoms with E-state index in [1.54, 1.807) is 35.6 Å². The fourth-order valence-corrected chi connectivity index (χ4v) is 3.35. The van der Waals surface area contributed by atoms with Crippen molar-refractivity contribution in [3.05, 3.63) is 76.9 Å². The standard InChI is InChI=1S/C18H12ClN3OS/c19-14-5-1-4-13(9-14)17(23)20-15-6-2-3-12(10-15)16-11-22-7-8-24-18(22)21-16/h1-11H,(H,20,23). The van der Waals surface area contributed by atoms with Gasteiger partial charge in [0.15, 0.2) is 4.96 Å². The second kappa shape index (κ2) is 6.11. The van der Waals surface area contributed by atoms with Gasteiger partial charge in [-0.05, 0) is 30.3 Å². The van der Waals surface area contributed by atoms with Gasteiger partial charge in [0.05, 0.1) is 5.69 Å². The van der Waals surface area contributed by atoms with E-state index in [1.165, 1.54) is 0 Å². The summed E-state index contributed by atoms with van der Waals surface area (Å²) in [5, 5.41) is 5.42. The molecule has 0 radical (unpaired) electrons. The number of hydrogen-bond acceptors (Lipinski definition) is 3. The molecule has 1 N–H and O–H groups in total. The van der Waals surface area contributed by atoms with Gasteiger partial charge in [0.2, 0.25) is 0 Å². The van der Waals surface area contributed by atoms with E-state index in [9.17, 15) is 4.79 Å². The molecule has 0 aliphatic carbocycles. The third-order valence-corrected chi connectivity index (χ3v) is 4.60. The molecule has 6 heteroatoms. The van der Waals surface area contributed by atoms with Gasteiger partial charge in [0.1, 0.15) is 0 Å². The molecule has 1 amide bonds. The van der Waals surface area contributed by atoms with Crippen molar-refractivity contribution in [1.82, 2.24) is 9.38 Å². The van der Waals surface area contributed by atoms with Gasteiger partial charge in [-0.15, -0.1) is 11.3 Å². The normalized spacial score (nSPS) is 10.9. The Bertz CT molecular complexity index is 1010. The summed E-state index contributed by atoms with van der Waals surface area (Å²) in [6.07, 6.45) is 3.95. The first-order valence-corrected chi connectivity index (χ1v) is 8.54. The van der Waals surface area contributed by atoms with Crippen molar-refractivity contribution in [2.75, 3.05) is 5.32 Å². The summed E-state index contributed by atoms with van der Waals surface area (Å²) < 4.78 is 1.98. The second-order valence-electron chi connectivity index (χ2n) is 5.26. The number of nitrogens with one attached hydrogen (secondary N) is 1. The molecule has 4 aromatic rings. The molecular formula is C18H12ClN3OS. The van der Waals surface area contributed by atoms with E-state index in [2.05, 4.69) is 10.3 Å². The van der Waals surface area contributed by atoms with E-state index in [0.717, 1.165) is 16.2 Å². The highest BCUT2D eigenvalue weighted by molar-refractivity contribution is 7.15. The van der Waals surface area contributed by atoms with Crippen molar-refractivity contribution in [1.29, 1.82) is 0 Å². The Morgan fingerprint density at radius 3 is 2.88 bits per heavy atom. The molecule has 0 atom stereocenters. The lowest BCUT2D eigenvalue weighted by Crippen LogP contribution is -2.11. The van der Waals surface area contributed by atoms with Crippen molar-refractivity contribution in [2.45, 2.75) is 0 Å². The minimum Gasteiger partial charge on any atom is -0.322 e. The summed E-state index contributed by atoms with van der Waals surface area (Å²) in [7, 11) is 0. The van der Waals surface area contributed by atoms with Crippen LogP contribution in [0.2, 0.25) is 5.02 Å².